The normalized spacial score (nSPS) is 13.4. The maximum atomic E-state index is 6.01. The van der Waals surface area contributed by atoms with Gasteiger partial charge in [-0.15, -0.1) is 11.3 Å². The fourth-order valence-electron chi connectivity index (χ4n) is 3.06. The lowest BCUT2D eigenvalue weighted by Gasteiger charge is -2.23. The molecule has 8 heteroatoms. The Bertz CT molecular complexity index is 1010. The van der Waals surface area contributed by atoms with Crippen molar-refractivity contribution < 1.29 is 9.47 Å². The van der Waals surface area contributed by atoms with E-state index in [1.807, 2.05) is 56.3 Å². The second-order valence-corrected chi connectivity index (χ2v) is 7.59. The fraction of sp³-hybridized carbons (Fsp3) is 0.250. The maximum Gasteiger partial charge on any atom is 0.163 e. The molecule has 0 aliphatic carbocycles. The number of hydrogen-bond acceptors (Lipinski definition) is 7. The van der Waals surface area contributed by atoms with Crippen molar-refractivity contribution in [1.29, 1.82) is 0 Å². The zero-order valence-corrected chi connectivity index (χ0v) is 16.9. The largest absolute Gasteiger partial charge is 0.493 e. The molecule has 1 aliphatic heterocycles. The zero-order valence-electron chi connectivity index (χ0n) is 16.1. The van der Waals surface area contributed by atoms with Crippen LogP contribution in [0, 0.1) is 13.8 Å². The topological polar surface area (TPSA) is 55.7 Å². The molecule has 2 aromatic heterocycles. The van der Waals surface area contributed by atoms with E-state index in [4.69, 9.17) is 9.47 Å². The summed E-state index contributed by atoms with van der Waals surface area (Å²) in [4.78, 5) is 8.69. The van der Waals surface area contributed by atoms with Crippen LogP contribution in [0.2, 0.25) is 0 Å². The third kappa shape index (κ3) is 3.68. The Labute approximate surface area is 168 Å². The number of benzene rings is 1. The van der Waals surface area contributed by atoms with E-state index >= 15 is 0 Å². The molecule has 3 heterocycles. The van der Waals surface area contributed by atoms with Gasteiger partial charge in [-0.05, 0) is 25.5 Å². The minimum absolute atomic E-state index is 0.397. The Morgan fingerprint density at radius 3 is 2.71 bits per heavy atom. The number of methoxy groups -OCH3 is 1. The van der Waals surface area contributed by atoms with Gasteiger partial charge in [0.25, 0.3) is 0 Å². The number of aryl methyl sites for hydroxylation is 2. The summed E-state index contributed by atoms with van der Waals surface area (Å²) < 4.78 is 13.3. The van der Waals surface area contributed by atoms with E-state index in [0.29, 0.717) is 24.8 Å². The highest BCUT2D eigenvalue weighted by Crippen LogP contribution is 2.37. The summed E-state index contributed by atoms with van der Waals surface area (Å²) in [6.07, 6.45) is 7.88. The predicted molar refractivity (Wildman–Crippen MR) is 111 cm³/mol. The standard InChI is InChI=1S/C20H22N5O2S/c1-14-7-19(26-4)20(27-11-16-12-28-15(2)22-16)8-18(14)25-6-5-24(13-25)17-9-21-23(3)10-17/h5-10,12H,1,11,13H2,2-4H3. The number of anilines is 2. The number of ether oxygens (including phenoxy) is 2. The minimum Gasteiger partial charge on any atom is -0.493 e. The molecule has 145 valence electrons. The molecule has 1 radical (unpaired) electrons. The van der Waals surface area contributed by atoms with Crippen LogP contribution < -0.4 is 19.3 Å². The van der Waals surface area contributed by atoms with Gasteiger partial charge in [0.15, 0.2) is 11.5 Å². The summed E-state index contributed by atoms with van der Waals surface area (Å²) in [6, 6.07) is 3.87. The average molecular weight is 396 g/mol. The van der Waals surface area contributed by atoms with Gasteiger partial charge in [-0.1, -0.05) is 0 Å². The third-order valence-electron chi connectivity index (χ3n) is 4.47. The lowest BCUT2D eigenvalue weighted by Crippen LogP contribution is -2.25. The van der Waals surface area contributed by atoms with E-state index in [-0.39, 0.29) is 0 Å². The van der Waals surface area contributed by atoms with Crippen LogP contribution in [0.3, 0.4) is 0 Å². The average Bonchev–Trinajstić information content (AvgIpc) is 3.41. The summed E-state index contributed by atoms with van der Waals surface area (Å²) in [7, 11) is 3.54. The van der Waals surface area contributed by atoms with Gasteiger partial charge in [0.2, 0.25) is 0 Å². The van der Waals surface area contributed by atoms with Crippen LogP contribution in [-0.4, -0.2) is 28.5 Å². The Morgan fingerprint density at radius 1 is 1.21 bits per heavy atom. The van der Waals surface area contributed by atoms with Crippen LogP contribution in [0.4, 0.5) is 11.4 Å². The molecule has 0 saturated carbocycles. The Balaban J connectivity index is 1.54. The van der Waals surface area contributed by atoms with Crippen LogP contribution >= 0.6 is 11.3 Å². The van der Waals surface area contributed by atoms with Crippen LogP contribution in [-0.2, 0) is 13.7 Å². The van der Waals surface area contributed by atoms with Crippen molar-refractivity contribution in [3.05, 3.63) is 65.5 Å². The van der Waals surface area contributed by atoms with E-state index in [1.165, 1.54) is 0 Å². The van der Waals surface area contributed by atoms with Crippen molar-refractivity contribution in [3.8, 4) is 11.5 Å². The lowest BCUT2D eigenvalue weighted by molar-refractivity contribution is 0.281. The molecule has 28 heavy (non-hydrogen) atoms. The van der Waals surface area contributed by atoms with Gasteiger partial charge >= 0.3 is 0 Å². The second-order valence-electron chi connectivity index (χ2n) is 6.53. The number of thiazole rings is 1. The van der Waals surface area contributed by atoms with Crippen molar-refractivity contribution >= 4 is 22.7 Å². The number of aromatic nitrogens is 3. The van der Waals surface area contributed by atoms with E-state index < -0.39 is 0 Å². The summed E-state index contributed by atoms with van der Waals surface area (Å²) in [6.45, 7) is 7.23. The van der Waals surface area contributed by atoms with Crippen LogP contribution in [0.15, 0.2) is 42.3 Å². The summed E-state index contributed by atoms with van der Waals surface area (Å²) >= 11 is 1.61. The molecule has 0 N–H and O–H groups in total. The maximum absolute atomic E-state index is 6.01. The monoisotopic (exact) mass is 396 g/mol. The van der Waals surface area contributed by atoms with E-state index in [1.54, 1.807) is 23.1 Å². The number of rotatable bonds is 6. The number of nitrogens with zero attached hydrogens (tertiary/aromatic N) is 5. The van der Waals surface area contributed by atoms with E-state index in [0.717, 1.165) is 27.6 Å². The molecule has 0 amide bonds. The van der Waals surface area contributed by atoms with Crippen LogP contribution in [0.5, 0.6) is 11.5 Å². The smallest absolute Gasteiger partial charge is 0.163 e. The van der Waals surface area contributed by atoms with E-state index in [9.17, 15) is 0 Å². The van der Waals surface area contributed by atoms with Gasteiger partial charge in [-0.2, -0.15) is 5.10 Å². The van der Waals surface area contributed by atoms with Crippen LogP contribution in [0.25, 0.3) is 0 Å². The van der Waals surface area contributed by atoms with Crippen molar-refractivity contribution in [3.63, 3.8) is 0 Å². The minimum atomic E-state index is 0.397. The molecule has 0 unspecified atom stereocenters. The molecular formula is C20H22N5O2S. The molecule has 0 atom stereocenters. The lowest BCUT2D eigenvalue weighted by atomic mass is 10.1. The predicted octanol–water partition coefficient (Wildman–Crippen LogP) is 3.71. The summed E-state index contributed by atoms with van der Waals surface area (Å²) in [5.74, 6) is 1.33. The molecule has 3 aromatic rings. The van der Waals surface area contributed by atoms with Gasteiger partial charge in [0, 0.05) is 42.8 Å². The molecule has 1 aliphatic rings. The quantitative estimate of drug-likeness (QED) is 0.633. The van der Waals surface area contributed by atoms with Gasteiger partial charge in [0.05, 0.1) is 36.4 Å². The first kappa shape index (κ1) is 18.4. The first-order chi connectivity index (χ1) is 13.5. The summed E-state index contributed by atoms with van der Waals surface area (Å²) in [5, 5.41) is 7.27. The Morgan fingerprint density at radius 2 is 2.04 bits per heavy atom. The van der Waals surface area contributed by atoms with Gasteiger partial charge in [-0.25, -0.2) is 4.98 Å². The molecule has 4 rings (SSSR count). The highest BCUT2D eigenvalue weighted by atomic mass is 32.1. The highest BCUT2D eigenvalue weighted by Gasteiger charge is 2.20. The fourth-order valence-corrected chi connectivity index (χ4v) is 3.65. The SMILES string of the molecule is [CH2]c1cc(OC)c(OCc2csc(C)n2)cc1N1C=CN(c2cnn(C)c2)C1. The van der Waals surface area contributed by atoms with Crippen LogP contribution in [0.1, 0.15) is 16.3 Å². The molecule has 0 fully saturated rings. The molecule has 0 bridgehead atoms. The number of hydrogen-bond donors (Lipinski definition) is 0. The summed E-state index contributed by atoms with van der Waals surface area (Å²) in [5.41, 5.74) is 3.78. The highest BCUT2D eigenvalue weighted by molar-refractivity contribution is 7.09. The Hall–Kier alpha value is -3.00. The van der Waals surface area contributed by atoms with Gasteiger partial charge in [-0.3, -0.25) is 4.68 Å². The zero-order chi connectivity index (χ0) is 19.7. The first-order valence-corrected chi connectivity index (χ1v) is 9.69. The van der Waals surface area contributed by atoms with Crippen molar-refractivity contribution in [2.75, 3.05) is 23.6 Å². The molecule has 0 spiro atoms. The third-order valence-corrected chi connectivity index (χ3v) is 5.29. The van der Waals surface area contributed by atoms with Crippen molar-refractivity contribution in [2.24, 2.45) is 7.05 Å². The molecule has 7 nitrogen and oxygen atoms in total. The van der Waals surface area contributed by atoms with Crippen molar-refractivity contribution in [2.45, 2.75) is 13.5 Å². The van der Waals surface area contributed by atoms with Gasteiger partial charge in [0.1, 0.15) is 6.61 Å². The first-order valence-electron chi connectivity index (χ1n) is 8.81. The Kier molecular flexibility index (Phi) is 4.95. The molecule has 1 aromatic carbocycles. The van der Waals surface area contributed by atoms with Crippen molar-refractivity contribution in [1.82, 2.24) is 14.8 Å². The van der Waals surface area contributed by atoms with Gasteiger partial charge < -0.3 is 19.3 Å². The van der Waals surface area contributed by atoms with E-state index in [2.05, 4.69) is 26.8 Å². The molecular weight excluding hydrogens is 374 g/mol. The second kappa shape index (κ2) is 7.55. The molecule has 0 saturated heterocycles.